The highest BCUT2D eigenvalue weighted by Crippen LogP contribution is 2.33. The molecule has 0 aliphatic heterocycles. The van der Waals surface area contributed by atoms with E-state index in [9.17, 15) is 0 Å². The van der Waals surface area contributed by atoms with Crippen LogP contribution in [0.1, 0.15) is 6.92 Å². The molecule has 0 fully saturated rings. The predicted molar refractivity (Wildman–Crippen MR) is 98.8 cm³/mol. The van der Waals surface area contributed by atoms with Gasteiger partial charge in [-0.2, -0.15) is 0 Å². The molecule has 0 unspecified atom stereocenters. The zero-order valence-corrected chi connectivity index (χ0v) is 14.2. The first-order valence-electron chi connectivity index (χ1n) is 7.58. The van der Waals surface area contributed by atoms with Gasteiger partial charge in [0.1, 0.15) is 5.52 Å². The summed E-state index contributed by atoms with van der Waals surface area (Å²) in [5, 5.41) is 5.58. The van der Waals surface area contributed by atoms with Gasteiger partial charge in [-0.3, -0.25) is 0 Å². The second-order valence-electron chi connectivity index (χ2n) is 5.37. The Labute approximate surface area is 142 Å². The molecule has 0 radical (unpaired) electrons. The normalized spacial score (nSPS) is 11.2. The summed E-state index contributed by atoms with van der Waals surface area (Å²) in [7, 11) is 0. The van der Waals surface area contributed by atoms with E-state index in [4.69, 9.17) is 4.42 Å². The molecule has 0 aliphatic carbocycles. The van der Waals surface area contributed by atoms with Crippen molar-refractivity contribution in [1.29, 1.82) is 0 Å². The van der Waals surface area contributed by atoms with Gasteiger partial charge in [0.15, 0.2) is 5.58 Å². The van der Waals surface area contributed by atoms with Crippen LogP contribution in [0.5, 0.6) is 0 Å². The fraction of sp³-hybridized carbons (Fsp3) is 0.105. The predicted octanol–water partition coefficient (Wildman–Crippen LogP) is 5.84. The van der Waals surface area contributed by atoms with Crippen molar-refractivity contribution < 1.29 is 4.42 Å². The standard InChI is InChI=1S/C19H15BrN2O/c1-2-21-12-9-10-18-17(11-12)22-19(23-18)15-7-3-6-14-13(15)5-4-8-16(14)20/h3-11,21H,2H2,1H3. The van der Waals surface area contributed by atoms with E-state index in [2.05, 4.69) is 45.3 Å². The van der Waals surface area contributed by atoms with Crippen molar-refractivity contribution in [3.05, 3.63) is 59.1 Å². The van der Waals surface area contributed by atoms with Crippen LogP contribution in [0.2, 0.25) is 0 Å². The molecule has 0 saturated carbocycles. The third-order valence-corrected chi connectivity index (χ3v) is 4.56. The van der Waals surface area contributed by atoms with Crippen molar-refractivity contribution in [3.8, 4) is 11.5 Å². The highest BCUT2D eigenvalue weighted by Gasteiger charge is 2.12. The lowest BCUT2D eigenvalue weighted by Gasteiger charge is -2.04. The number of rotatable bonds is 3. The van der Waals surface area contributed by atoms with E-state index in [0.29, 0.717) is 5.89 Å². The first kappa shape index (κ1) is 14.3. The van der Waals surface area contributed by atoms with Gasteiger partial charge in [0.25, 0.3) is 0 Å². The quantitative estimate of drug-likeness (QED) is 0.494. The lowest BCUT2D eigenvalue weighted by atomic mass is 10.0. The zero-order valence-electron chi connectivity index (χ0n) is 12.6. The summed E-state index contributed by atoms with van der Waals surface area (Å²) >= 11 is 3.61. The van der Waals surface area contributed by atoms with E-state index < -0.39 is 0 Å². The SMILES string of the molecule is CCNc1ccc2oc(-c3cccc4c(Br)cccc34)nc2c1. The van der Waals surface area contributed by atoms with Crippen LogP contribution in [-0.4, -0.2) is 11.5 Å². The molecular formula is C19H15BrN2O. The fourth-order valence-electron chi connectivity index (χ4n) is 2.81. The summed E-state index contributed by atoms with van der Waals surface area (Å²) in [6.45, 7) is 2.96. The zero-order chi connectivity index (χ0) is 15.8. The molecule has 23 heavy (non-hydrogen) atoms. The molecule has 0 aliphatic rings. The van der Waals surface area contributed by atoms with Crippen molar-refractivity contribution in [1.82, 2.24) is 4.98 Å². The second kappa shape index (κ2) is 5.70. The molecule has 0 atom stereocenters. The summed E-state index contributed by atoms with van der Waals surface area (Å²) < 4.78 is 7.05. The fourth-order valence-corrected chi connectivity index (χ4v) is 3.31. The van der Waals surface area contributed by atoms with E-state index in [-0.39, 0.29) is 0 Å². The number of fused-ring (bicyclic) bond motifs is 2. The van der Waals surface area contributed by atoms with Crippen molar-refractivity contribution >= 4 is 43.5 Å². The van der Waals surface area contributed by atoms with Gasteiger partial charge in [0.2, 0.25) is 5.89 Å². The molecule has 1 N–H and O–H groups in total. The smallest absolute Gasteiger partial charge is 0.227 e. The maximum atomic E-state index is 5.98. The number of anilines is 1. The molecule has 1 aromatic heterocycles. The molecule has 3 aromatic carbocycles. The number of aromatic nitrogens is 1. The Kier molecular flexibility index (Phi) is 3.54. The van der Waals surface area contributed by atoms with Crippen LogP contribution in [0.3, 0.4) is 0 Å². The van der Waals surface area contributed by atoms with Crippen molar-refractivity contribution in [2.45, 2.75) is 6.92 Å². The maximum absolute atomic E-state index is 5.98. The summed E-state index contributed by atoms with van der Waals surface area (Å²) in [6, 6.07) is 18.3. The highest BCUT2D eigenvalue weighted by molar-refractivity contribution is 9.10. The molecule has 3 nitrogen and oxygen atoms in total. The number of hydrogen-bond donors (Lipinski definition) is 1. The van der Waals surface area contributed by atoms with Crippen LogP contribution in [0.4, 0.5) is 5.69 Å². The maximum Gasteiger partial charge on any atom is 0.227 e. The third kappa shape index (κ3) is 2.49. The summed E-state index contributed by atoms with van der Waals surface area (Å²) in [6.07, 6.45) is 0. The number of oxazole rings is 1. The van der Waals surface area contributed by atoms with E-state index >= 15 is 0 Å². The van der Waals surface area contributed by atoms with Crippen LogP contribution in [0.15, 0.2) is 63.5 Å². The minimum atomic E-state index is 0.650. The topological polar surface area (TPSA) is 38.1 Å². The number of hydrogen-bond acceptors (Lipinski definition) is 3. The molecule has 4 aromatic rings. The highest BCUT2D eigenvalue weighted by atomic mass is 79.9. The Hall–Kier alpha value is -2.33. The molecule has 0 spiro atoms. The van der Waals surface area contributed by atoms with Gasteiger partial charge in [0, 0.05) is 22.3 Å². The number of halogens is 1. The van der Waals surface area contributed by atoms with Gasteiger partial charge in [-0.15, -0.1) is 0 Å². The molecule has 4 heteroatoms. The minimum absolute atomic E-state index is 0.650. The van der Waals surface area contributed by atoms with Gasteiger partial charge < -0.3 is 9.73 Å². The number of benzene rings is 3. The Morgan fingerprint density at radius 1 is 1.04 bits per heavy atom. The van der Waals surface area contributed by atoms with Crippen LogP contribution in [-0.2, 0) is 0 Å². The van der Waals surface area contributed by atoms with Crippen LogP contribution in [0.25, 0.3) is 33.3 Å². The van der Waals surface area contributed by atoms with Crippen LogP contribution < -0.4 is 5.32 Å². The molecular weight excluding hydrogens is 352 g/mol. The van der Waals surface area contributed by atoms with Gasteiger partial charge in [-0.05, 0) is 48.0 Å². The first-order chi connectivity index (χ1) is 11.3. The summed E-state index contributed by atoms with van der Waals surface area (Å²) in [5.41, 5.74) is 3.73. The molecule has 1 heterocycles. The molecule has 4 rings (SSSR count). The monoisotopic (exact) mass is 366 g/mol. The summed E-state index contributed by atoms with van der Waals surface area (Å²) in [5.74, 6) is 0.650. The Morgan fingerprint density at radius 2 is 1.87 bits per heavy atom. The third-order valence-electron chi connectivity index (χ3n) is 3.87. The molecule has 0 amide bonds. The van der Waals surface area contributed by atoms with Crippen molar-refractivity contribution in [2.75, 3.05) is 11.9 Å². The van der Waals surface area contributed by atoms with Gasteiger partial charge in [-0.1, -0.05) is 40.2 Å². The second-order valence-corrected chi connectivity index (χ2v) is 6.23. The lowest BCUT2D eigenvalue weighted by molar-refractivity contribution is 0.620. The average molecular weight is 367 g/mol. The average Bonchev–Trinajstić information content (AvgIpc) is 2.98. The lowest BCUT2D eigenvalue weighted by Crippen LogP contribution is -1.95. The van der Waals surface area contributed by atoms with E-state index in [1.54, 1.807) is 0 Å². The largest absolute Gasteiger partial charge is 0.436 e. The number of nitrogens with one attached hydrogen (secondary N) is 1. The molecule has 0 saturated heterocycles. The molecule has 114 valence electrons. The van der Waals surface area contributed by atoms with Crippen LogP contribution in [0, 0.1) is 0 Å². The first-order valence-corrected chi connectivity index (χ1v) is 8.37. The molecule has 0 bridgehead atoms. The van der Waals surface area contributed by atoms with Crippen molar-refractivity contribution in [3.63, 3.8) is 0 Å². The van der Waals surface area contributed by atoms with Gasteiger partial charge >= 0.3 is 0 Å². The summed E-state index contributed by atoms with van der Waals surface area (Å²) in [4.78, 5) is 4.68. The van der Waals surface area contributed by atoms with Crippen LogP contribution >= 0.6 is 15.9 Å². The van der Waals surface area contributed by atoms with E-state index in [1.807, 2.05) is 42.5 Å². The minimum Gasteiger partial charge on any atom is -0.436 e. The number of nitrogens with zero attached hydrogens (tertiary/aromatic N) is 1. The van der Waals surface area contributed by atoms with Gasteiger partial charge in [0.05, 0.1) is 0 Å². The Bertz CT molecular complexity index is 1010. The van der Waals surface area contributed by atoms with Gasteiger partial charge in [-0.25, -0.2) is 4.98 Å². The Balaban J connectivity index is 1.91. The Morgan fingerprint density at radius 3 is 2.74 bits per heavy atom. The van der Waals surface area contributed by atoms with E-state index in [0.717, 1.165) is 44.1 Å². The van der Waals surface area contributed by atoms with E-state index in [1.165, 1.54) is 0 Å². The van der Waals surface area contributed by atoms with Crippen molar-refractivity contribution in [2.24, 2.45) is 0 Å².